The first-order chi connectivity index (χ1) is 7.50. The van der Waals surface area contributed by atoms with E-state index in [1.54, 1.807) is 13.1 Å². The van der Waals surface area contributed by atoms with Crippen LogP contribution in [0.2, 0.25) is 10.0 Å². The Kier molecular flexibility index (Phi) is 2.78. The van der Waals surface area contributed by atoms with Gasteiger partial charge in [0.2, 0.25) is 0 Å². The number of anilines is 1. The smallest absolute Gasteiger partial charge is 0.143 e. The molecule has 0 amide bonds. The number of nitrogen functional groups attached to an aromatic ring is 1. The topological polar surface area (TPSA) is 43.8 Å². The second kappa shape index (κ2) is 3.96. The summed E-state index contributed by atoms with van der Waals surface area (Å²) in [4.78, 5) is 0. The average molecular weight is 260 g/mol. The van der Waals surface area contributed by atoms with Crippen LogP contribution in [0.25, 0.3) is 11.1 Å². The maximum absolute atomic E-state index is 13.4. The van der Waals surface area contributed by atoms with Gasteiger partial charge in [0.25, 0.3) is 0 Å². The highest BCUT2D eigenvalue weighted by Gasteiger charge is 2.14. The summed E-state index contributed by atoms with van der Waals surface area (Å²) in [6.45, 7) is 0. The van der Waals surface area contributed by atoms with E-state index in [0.29, 0.717) is 16.9 Å². The lowest BCUT2D eigenvalue weighted by molar-refractivity contribution is 0.629. The SMILES string of the molecule is Cn1ncc(-c2cc(Cl)cc(F)c2Cl)c1N. The van der Waals surface area contributed by atoms with Crippen LogP contribution < -0.4 is 5.73 Å². The summed E-state index contributed by atoms with van der Waals surface area (Å²) in [5.74, 6) is -0.170. The highest BCUT2D eigenvalue weighted by atomic mass is 35.5. The van der Waals surface area contributed by atoms with Crippen LogP contribution in [0, 0.1) is 5.82 Å². The van der Waals surface area contributed by atoms with Crippen LogP contribution in [-0.2, 0) is 7.05 Å². The highest BCUT2D eigenvalue weighted by molar-refractivity contribution is 6.35. The Hall–Kier alpha value is -1.26. The number of hydrogen-bond acceptors (Lipinski definition) is 2. The van der Waals surface area contributed by atoms with Gasteiger partial charge in [0.1, 0.15) is 11.6 Å². The van der Waals surface area contributed by atoms with Gasteiger partial charge in [-0.3, -0.25) is 4.68 Å². The Balaban J connectivity index is 2.69. The molecule has 0 aliphatic rings. The first-order valence-electron chi connectivity index (χ1n) is 4.43. The Morgan fingerprint density at radius 3 is 2.56 bits per heavy atom. The first-order valence-corrected chi connectivity index (χ1v) is 5.18. The van der Waals surface area contributed by atoms with Crippen molar-refractivity contribution in [3.63, 3.8) is 0 Å². The lowest BCUT2D eigenvalue weighted by Crippen LogP contribution is -1.98. The zero-order valence-corrected chi connectivity index (χ0v) is 9.85. The molecule has 3 nitrogen and oxygen atoms in total. The molecular weight excluding hydrogens is 252 g/mol. The molecule has 0 fully saturated rings. The van der Waals surface area contributed by atoms with Crippen LogP contribution in [0.5, 0.6) is 0 Å². The van der Waals surface area contributed by atoms with Crippen LogP contribution in [0.4, 0.5) is 10.2 Å². The van der Waals surface area contributed by atoms with Crippen molar-refractivity contribution in [1.29, 1.82) is 0 Å². The minimum Gasteiger partial charge on any atom is -0.383 e. The molecular formula is C10H8Cl2FN3. The molecule has 1 heterocycles. The molecule has 2 aromatic rings. The van der Waals surface area contributed by atoms with E-state index in [4.69, 9.17) is 28.9 Å². The molecule has 0 saturated carbocycles. The number of halogens is 3. The summed E-state index contributed by atoms with van der Waals surface area (Å²) in [6.07, 6.45) is 1.52. The molecule has 0 unspecified atom stereocenters. The summed E-state index contributed by atoms with van der Waals surface area (Å²) in [5.41, 5.74) is 6.79. The summed E-state index contributed by atoms with van der Waals surface area (Å²) in [5, 5.41) is 4.21. The summed E-state index contributed by atoms with van der Waals surface area (Å²) < 4.78 is 14.9. The van der Waals surface area contributed by atoms with Gasteiger partial charge in [-0.25, -0.2) is 4.39 Å². The minimum atomic E-state index is -0.576. The third-order valence-corrected chi connectivity index (χ3v) is 2.87. The Labute approximate surface area is 102 Å². The molecule has 0 spiro atoms. The third-order valence-electron chi connectivity index (χ3n) is 2.27. The van der Waals surface area contributed by atoms with Crippen molar-refractivity contribution in [2.24, 2.45) is 7.05 Å². The van der Waals surface area contributed by atoms with Gasteiger partial charge in [-0.2, -0.15) is 5.10 Å². The number of nitrogens with two attached hydrogens (primary N) is 1. The van der Waals surface area contributed by atoms with Gasteiger partial charge in [0.05, 0.1) is 11.2 Å². The fraction of sp³-hybridized carbons (Fsp3) is 0.100. The number of rotatable bonds is 1. The van der Waals surface area contributed by atoms with Gasteiger partial charge in [-0.15, -0.1) is 0 Å². The van der Waals surface area contributed by atoms with Crippen molar-refractivity contribution in [3.05, 3.63) is 34.2 Å². The standard InChI is InChI=1S/C10H8Cl2FN3/c1-16-10(14)7(4-15-16)6-2-5(11)3-8(13)9(6)12/h2-4H,14H2,1H3. The van der Waals surface area contributed by atoms with E-state index in [1.807, 2.05) is 0 Å². The number of benzene rings is 1. The van der Waals surface area contributed by atoms with Gasteiger partial charge >= 0.3 is 0 Å². The van der Waals surface area contributed by atoms with Crippen LogP contribution in [-0.4, -0.2) is 9.78 Å². The normalized spacial score (nSPS) is 10.8. The molecule has 0 bridgehead atoms. The first kappa shape index (κ1) is 11.2. The molecule has 0 saturated heterocycles. The van der Waals surface area contributed by atoms with E-state index in [9.17, 15) is 4.39 Å². The lowest BCUT2D eigenvalue weighted by atomic mass is 10.1. The van der Waals surface area contributed by atoms with E-state index in [2.05, 4.69) is 5.10 Å². The molecule has 1 aromatic heterocycles. The van der Waals surface area contributed by atoms with Crippen molar-refractivity contribution < 1.29 is 4.39 Å². The molecule has 2 rings (SSSR count). The monoisotopic (exact) mass is 259 g/mol. The molecule has 2 N–H and O–H groups in total. The van der Waals surface area contributed by atoms with Gasteiger partial charge in [-0.1, -0.05) is 23.2 Å². The van der Waals surface area contributed by atoms with Crippen molar-refractivity contribution in [3.8, 4) is 11.1 Å². The third kappa shape index (κ3) is 1.74. The number of aromatic nitrogens is 2. The van der Waals surface area contributed by atoms with E-state index in [1.165, 1.54) is 10.9 Å². The van der Waals surface area contributed by atoms with Crippen LogP contribution in [0.15, 0.2) is 18.3 Å². The molecule has 1 aromatic carbocycles. The fourth-order valence-electron chi connectivity index (χ4n) is 1.41. The van der Waals surface area contributed by atoms with Crippen molar-refractivity contribution in [1.82, 2.24) is 9.78 Å². The molecule has 0 atom stereocenters. The highest BCUT2D eigenvalue weighted by Crippen LogP contribution is 2.35. The Morgan fingerprint density at radius 1 is 1.31 bits per heavy atom. The van der Waals surface area contributed by atoms with E-state index in [-0.39, 0.29) is 10.0 Å². The summed E-state index contributed by atoms with van der Waals surface area (Å²) >= 11 is 11.6. The molecule has 0 radical (unpaired) electrons. The van der Waals surface area contributed by atoms with Gasteiger partial charge in [-0.05, 0) is 12.1 Å². The maximum atomic E-state index is 13.4. The maximum Gasteiger partial charge on any atom is 0.143 e. The molecule has 6 heteroatoms. The molecule has 0 aliphatic carbocycles. The second-order valence-corrected chi connectivity index (χ2v) is 4.13. The van der Waals surface area contributed by atoms with Crippen molar-refractivity contribution in [2.45, 2.75) is 0 Å². The number of hydrogen-bond donors (Lipinski definition) is 1. The number of aryl methyl sites for hydroxylation is 1. The minimum absolute atomic E-state index is 0.0101. The zero-order chi connectivity index (χ0) is 11.9. The fourth-order valence-corrected chi connectivity index (χ4v) is 1.82. The molecule has 16 heavy (non-hydrogen) atoms. The number of nitrogens with zero attached hydrogens (tertiary/aromatic N) is 2. The second-order valence-electron chi connectivity index (χ2n) is 3.32. The van der Waals surface area contributed by atoms with Crippen LogP contribution in [0.1, 0.15) is 0 Å². The van der Waals surface area contributed by atoms with Crippen molar-refractivity contribution in [2.75, 3.05) is 5.73 Å². The molecule has 0 aliphatic heterocycles. The van der Waals surface area contributed by atoms with Gasteiger partial charge in [0.15, 0.2) is 0 Å². The molecule has 84 valence electrons. The predicted octanol–water partition coefficient (Wildman–Crippen LogP) is 3.12. The van der Waals surface area contributed by atoms with E-state index in [0.717, 1.165) is 6.07 Å². The van der Waals surface area contributed by atoms with E-state index >= 15 is 0 Å². The van der Waals surface area contributed by atoms with Crippen LogP contribution >= 0.6 is 23.2 Å². The quantitative estimate of drug-likeness (QED) is 0.800. The van der Waals surface area contributed by atoms with E-state index < -0.39 is 5.82 Å². The summed E-state index contributed by atoms with van der Waals surface area (Å²) in [7, 11) is 1.69. The van der Waals surface area contributed by atoms with Crippen LogP contribution in [0.3, 0.4) is 0 Å². The van der Waals surface area contributed by atoms with Gasteiger partial charge in [0, 0.05) is 23.2 Å². The Morgan fingerprint density at radius 2 is 2.00 bits per heavy atom. The lowest BCUT2D eigenvalue weighted by Gasteiger charge is -2.05. The zero-order valence-electron chi connectivity index (χ0n) is 8.34. The van der Waals surface area contributed by atoms with Gasteiger partial charge < -0.3 is 5.73 Å². The summed E-state index contributed by atoms with van der Waals surface area (Å²) in [6, 6.07) is 2.71. The van der Waals surface area contributed by atoms with Crippen molar-refractivity contribution >= 4 is 29.0 Å². The predicted molar refractivity (Wildman–Crippen MR) is 63.0 cm³/mol. The average Bonchev–Trinajstić information content (AvgIpc) is 2.54. The Bertz CT molecular complexity index is 551. The largest absolute Gasteiger partial charge is 0.383 e.